The van der Waals surface area contributed by atoms with Crippen molar-refractivity contribution >= 4 is 17.6 Å². The third kappa shape index (κ3) is 6.90. The Kier molecular flexibility index (Phi) is 8.74. The molecule has 2 aromatic carbocycles. The number of anilines is 1. The number of benzene rings is 2. The van der Waals surface area contributed by atoms with Crippen LogP contribution in [0.5, 0.6) is 5.75 Å². The molecule has 0 bridgehead atoms. The summed E-state index contributed by atoms with van der Waals surface area (Å²) in [6.07, 6.45) is 1.79. The van der Waals surface area contributed by atoms with Gasteiger partial charge in [0.15, 0.2) is 18.3 Å². The minimum atomic E-state index is -0.582. The largest absolute Gasteiger partial charge is 0.494 e. The third-order valence-corrected chi connectivity index (χ3v) is 4.79. The number of rotatable bonds is 11. The van der Waals surface area contributed by atoms with Crippen LogP contribution in [0.1, 0.15) is 25.7 Å². The molecule has 0 radical (unpaired) electrons. The molecule has 1 amide bonds. The van der Waals surface area contributed by atoms with Gasteiger partial charge in [-0.25, -0.2) is 9.37 Å². The topological polar surface area (TPSA) is 106 Å². The van der Waals surface area contributed by atoms with Gasteiger partial charge in [0.2, 0.25) is 0 Å². The molecule has 0 saturated heterocycles. The number of nitriles is 1. The first-order valence-electron chi connectivity index (χ1n) is 10.8. The Morgan fingerprint density at radius 3 is 2.56 bits per heavy atom. The van der Waals surface area contributed by atoms with Gasteiger partial charge < -0.3 is 18.8 Å². The van der Waals surface area contributed by atoms with Gasteiger partial charge in [-0.05, 0) is 55.5 Å². The van der Waals surface area contributed by atoms with Crippen LogP contribution in [0, 0.1) is 17.1 Å². The number of carbonyl (C=O) groups is 2. The Hall–Kier alpha value is -4.19. The first kappa shape index (κ1) is 24.5. The number of oxazole rings is 1. The van der Waals surface area contributed by atoms with Crippen LogP contribution in [-0.2, 0) is 20.7 Å². The molecule has 0 aliphatic heterocycles. The van der Waals surface area contributed by atoms with Gasteiger partial charge in [-0.15, -0.1) is 0 Å². The SMILES string of the molecule is CCOc1ccc(N(CCC#N)C(=O)COC(=O)CCc2ncc(-c3ccc(F)cc3)o2)cc1. The Morgan fingerprint density at radius 2 is 1.88 bits per heavy atom. The van der Waals surface area contributed by atoms with E-state index in [-0.39, 0.29) is 31.6 Å². The standard InChI is InChI=1S/C25H24FN3O5/c1-2-32-21-10-8-20(9-11-21)29(15-3-14-27)24(30)17-33-25(31)13-12-23-28-16-22(34-23)18-4-6-19(26)7-5-18/h4-11,16H,2-3,12-13,15,17H2,1H3. The molecule has 3 aromatic rings. The summed E-state index contributed by atoms with van der Waals surface area (Å²) in [6.45, 7) is 2.11. The quantitative estimate of drug-likeness (QED) is 0.389. The van der Waals surface area contributed by atoms with Gasteiger partial charge in [-0.2, -0.15) is 5.26 Å². The van der Waals surface area contributed by atoms with Crippen LogP contribution in [0.25, 0.3) is 11.3 Å². The zero-order valence-corrected chi connectivity index (χ0v) is 18.7. The molecule has 0 atom stereocenters. The predicted molar refractivity (Wildman–Crippen MR) is 121 cm³/mol. The van der Waals surface area contributed by atoms with Gasteiger partial charge in [0, 0.05) is 24.2 Å². The van der Waals surface area contributed by atoms with Crippen LogP contribution in [-0.4, -0.2) is 36.6 Å². The number of esters is 1. The molecule has 8 nitrogen and oxygen atoms in total. The average molecular weight is 465 g/mol. The van der Waals surface area contributed by atoms with Crippen molar-refractivity contribution in [1.82, 2.24) is 4.98 Å². The van der Waals surface area contributed by atoms with Crippen LogP contribution in [0.2, 0.25) is 0 Å². The van der Waals surface area contributed by atoms with E-state index in [4.69, 9.17) is 19.2 Å². The zero-order chi connectivity index (χ0) is 24.3. The second kappa shape index (κ2) is 12.2. The molecule has 34 heavy (non-hydrogen) atoms. The molecule has 0 spiro atoms. The van der Waals surface area contributed by atoms with E-state index >= 15 is 0 Å². The number of nitrogens with zero attached hydrogens (tertiary/aromatic N) is 3. The summed E-state index contributed by atoms with van der Waals surface area (Å²) in [5.41, 5.74) is 1.24. The van der Waals surface area contributed by atoms with Crippen LogP contribution in [0.4, 0.5) is 10.1 Å². The Morgan fingerprint density at radius 1 is 1.15 bits per heavy atom. The summed E-state index contributed by atoms with van der Waals surface area (Å²) >= 11 is 0. The summed E-state index contributed by atoms with van der Waals surface area (Å²) < 4.78 is 29.2. The predicted octanol–water partition coefficient (Wildman–Crippen LogP) is 4.30. The molecule has 176 valence electrons. The second-order valence-corrected chi connectivity index (χ2v) is 7.17. The molecular weight excluding hydrogens is 441 g/mol. The van der Waals surface area contributed by atoms with E-state index < -0.39 is 18.5 Å². The second-order valence-electron chi connectivity index (χ2n) is 7.17. The number of amides is 1. The van der Waals surface area contributed by atoms with Crippen molar-refractivity contribution in [3.8, 4) is 23.1 Å². The maximum absolute atomic E-state index is 13.1. The molecule has 0 saturated carbocycles. The average Bonchev–Trinajstić information content (AvgIpc) is 3.32. The van der Waals surface area contributed by atoms with Crippen LogP contribution >= 0.6 is 0 Å². The highest BCUT2D eigenvalue weighted by Crippen LogP contribution is 2.22. The van der Waals surface area contributed by atoms with E-state index in [0.717, 1.165) is 0 Å². The van der Waals surface area contributed by atoms with Crippen molar-refractivity contribution < 1.29 is 27.9 Å². The van der Waals surface area contributed by atoms with Crippen molar-refractivity contribution in [3.63, 3.8) is 0 Å². The van der Waals surface area contributed by atoms with Crippen molar-refractivity contribution in [1.29, 1.82) is 5.26 Å². The zero-order valence-electron chi connectivity index (χ0n) is 18.7. The van der Waals surface area contributed by atoms with Crippen molar-refractivity contribution in [3.05, 3.63) is 66.4 Å². The monoisotopic (exact) mass is 465 g/mol. The van der Waals surface area contributed by atoms with Crippen molar-refractivity contribution in [2.24, 2.45) is 0 Å². The lowest BCUT2D eigenvalue weighted by atomic mass is 10.2. The molecule has 3 rings (SSSR count). The smallest absolute Gasteiger partial charge is 0.306 e. The van der Waals surface area contributed by atoms with Crippen molar-refractivity contribution in [2.45, 2.75) is 26.2 Å². The van der Waals surface area contributed by atoms with Crippen LogP contribution in [0.15, 0.2) is 59.1 Å². The van der Waals surface area contributed by atoms with Crippen LogP contribution in [0.3, 0.4) is 0 Å². The summed E-state index contributed by atoms with van der Waals surface area (Å²) in [4.78, 5) is 30.3. The van der Waals surface area contributed by atoms with E-state index in [9.17, 15) is 14.0 Å². The fraction of sp³-hybridized carbons (Fsp3) is 0.280. The molecular formula is C25H24FN3O5. The minimum absolute atomic E-state index is 0.0299. The van der Waals surface area contributed by atoms with E-state index in [1.54, 1.807) is 36.4 Å². The molecule has 0 fully saturated rings. The van der Waals surface area contributed by atoms with E-state index in [1.165, 1.54) is 23.2 Å². The number of carbonyl (C=O) groups excluding carboxylic acids is 2. The summed E-state index contributed by atoms with van der Waals surface area (Å²) in [5, 5.41) is 8.92. The Balaban J connectivity index is 1.51. The number of hydrogen-bond donors (Lipinski definition) is 0. The van der Waals surface area contributed by atoms with E-state index in [2.05, 4.69) is 4.98 Å². The number of hydrogen-bond acceptors (Lipinski definition) is 7. The lowest BCUT2D eigenvalue weighted by Crippen LogP contribution is -2.35. The molecule has 0 unspecified atom stereocenters. The molecule has 0 N–H and O–H groups in total. The summed E-state index contributed by atoms with van der Waals surface area (Å²) in [7, 11) is 0. The van der Waals surface area contributed by atoms with Gasteiger partial charge in [-0.1, -0.05) is 0 Å². The van der Waals surface area contributed by atoms with Gasteiger partial charge >= 0.3 is 5.97 Å². The molecule has 1 heterocycles. The summed E-state index contributed by atoms with van der Waals surface area (Å²) in [5.74, 6) is 0.0768. The van der Waals surface area contributed by atoms with E-state index in [0.29, 0.717) is 35.3 Å². The third-order valence-electron chi connectivity index (χ3n) is 4.79. The van der Waals surface area contributed by atoms with Crippen LogP contribution < -0.4 is 9.64 Å². The fourth-order valence-electron chi connectivity index (χ4n) is 3.12. The van der Waals surface area contributed by atoms with Gasteiger partial charge in [0.05, 0.1) is 31.7 Å². The molecule has 9 heteroatoms. The highest BCUT2D eigenvalue weighted by Gasteiger charge is 2.18. The molecule has 0 aliphatic rings. The number of ether oxygens (including phenoxy) is 2. The van der Waals surface area contributed by atoms with Gasteiger partial charge in [0.1, 0.15) is 11.6 Å². The first-order valence-corrected chi connectivity index (χ1v) is 10.8. The lowest BCUT2D eigenvalue weighted by Gasteiger charge is -2.22. The highest BCUT2D eigenvalue weighted by molar-refractivity contribution is 5.95. The highest BCUT2D eigenvalue weighted by atomic mass is 19.1. The van der Waals surface area contributed by atoms with E-state index in [1.807, 2.05) is 13.0 Å². The van der Waals surface area contributed by atoms with Gasteiger partial charge in [-0.3, -0.25) is 9.59 Å². The maximum Gasteiger partial charge on any atom is 0.306 e. The van der Waals surface area contributed by atoms with Crippen molar-refractivity contribution in [2.75, 3.05) is 24.7 Å². The number of aromatic nitrogens is 1. The Labute approximate surface area is 196 Å². The summed E-state index contributed by atoms with van der Waals surface area (Å²) in [6, 6.07) is 14.7. The molecule has 0 aliphatic carbocycles. The minimum Gasteiger partial charge on any atom is -0.494 e. The first-order chi connectivity index (χ1) is 16.5. The Bertz CT molecular complexity index is 1140. The number of aryl methyl sites for hydroxylation is 1. The lowest BCUT2D eigenvalue weighted by molar-refractivity contribution is -0.147. The number of halogens is 1. The fourth-order valence-corrected chi connectivity index (χ4v) is 3.12. The maximum atomic E-state index is 13.1. The van der Waals surface area contributed by atoms with Gasteiger partial charge in [0.25, 0.3) is 5.91 Å². The molecule has 1 aromatic heterocycles. The normalized spacial score (nSPS) is 10.4.